The van der Waals surface area contributed by atoms with Crippen molar-refractivity contribution in [1.82, 2.24) is 10.3 Å². The molecule has 0 aliphatic rings. The first-order valence-corrected chi connectivity index (χ1v) is 6.43. The van der Waals surface area contributed by atoms with Gasteiger partial charge in [0.25, 0.3) is 0 Å². The normalized spacial score (nSPS) is 12.7. The summed E-state index contributed by atoms with van der Waals surface area (Å²) in [6.45, 7) is 0. The summed E-state index contributed by atoms with van der Waals surface area (Å²) in [7, 11) is 1.88. The minimum atomic E-state index is -0.0790. The molecule has 0 aliphatic heterocycles. The Bertz CT molecular complexity index is 694. The molecule has 0 saturated carbocycles. The highest BCUT2D eigenvalue weighted by Gasteiger charge is 2.18. The van der Waals surface area contributed by atoms with Gasteiger partial charge in [0.15, 0.2) is 5.58 Å². The molecule has 1 aromatic carbocycles. The van der Waals surface area contributed by atoms with E-state index in [0.29, 0.717) is 5.02 Å². The second-order valence-corrected chi connectivity index (χ2v) is 4.69. The molecule has 0 aliphatic carbocycles. The van der Waals surface area contributed by atoms with Gasteiger partial charge in [-0.3, -0.25) is 4.98 Å². The number of fused-ring (bicyclic) bond motifs is 1. The van der Waals surface area contributed by atoms with Crippen molar-refractivity contribution in [2.24, 2.45) is 0 Å². The molecular formula is C15H13ClN2O. The molecule has 1 atom stereocenters. The van der Waals surface area contributed by atoms with Crippen molar-refractivity contribution in [3.63, 3.8) is 0 Å². The zero-order valence-corrected chi connectivity index (χ0v) is 11.2. The molecule has 2 heterocycles. The molecule has 96 valence electrons. The molecule has 1 N–H and O–H groups in total. The van der Waals surface area contributed by atoms with Gasteiger partial charge in [0.05, 0.1) is 10.7 Å². The molecule has 0 bridgehead atoms. The van der Waals surface area contributed by atoms with E-state index in [2.05, 4.69) is 10.3 Å². The highest BCUT2D eigenvalue weighted by molar-refractivity contribution is 6.34. The zero-order chi connectivity index (χ0) is 13.2. The molecule has 3 rings (SSSR count). The largest absolute Gasteiger partial charge is 0.457 e. The number of halogens is 1. The molecular weight excluding hydrogens is 260 g/mol. The summed E-state index contributed by atoms with van der Waals surface area (Å²) >= 11 is 6.13. The first-order valence-electron chi connectivity index (χ1n) is 6.06. The summed E-state index contributed by atoms with van der Waals surface area (Å²) in [5.74, 6) is 0.810. The van der Waals surface area contributed by atoms with Crippen LogP contribution in [0.4, 0.5) is 0 Å². The van der Waals surface area contributed by atoms with Crippen molar-refractivity contribution in [3.05, 3.63) is 65.1 Å². The van der Waals surface area contributed by atoms with E-state index in [1.807, 2.05) is 49.5 Å². The van der Waals surface area contributed by atoms with Crippen molar-refractivity contribution in [1.29, 1.82) is 0 Å². The number of para-hydroxylation sites is 1. The number of furan rings is 1. The number of nitrogens with one attached hydrogen (secondary N) is 1. The highest BCUT2D eigenvalue weighted by atomic mass is 35.5. The topological polar surface area (TPSA) is 38.1 Å². The van der Waals surface area contributed by atoms with Crippen LogP contribution in [-0.2, 0) is 0 Å². The first kappa shape index (κ1) is 12.2. The lowest BCUT2D eigenvalue weighted by atomic mass is 10.1. The van der Waals surface area contributed by atoms with Crippen LogP contribution < -0.4 is 5.32 Å². The summed E-state index contributed by atoms with van der Waals surface area (Å²) in [6, 6.07) is 13.5. The molecule has 0 radical (unpaired) electrons. The van der Waals surface area contributed by atoms with Gasteiger partial charge in [0.1, 0.15) is 11.8 Å². The van der Waals surface area contributed by atoms with Crippen LogP contribution in [0, 0.1) is 0 Å². The fourth-order valence-corrected chi connectivity index (χ4v) is 2.39. The van der Waals surface area contributed by atoms with Gasteiger partial charge in [-0.25, -0.2) is 0 Å². The van der Waals surface area contributed by atoms with E-state index in [4.69, 9.17) is 16.0 Å². The fraction of sp³-hybridized carbons (Fsp3) is 0.133. The van der Waals surface area contributed by atoms with Crippen molar-refractivity contribution in [2.75, 3.05) is 7.05 Å². The maximum Gasteiger partial charge on any atom is 0.152 e. The molecule has 0 saturated heterocycles. The lowest BCUT2D eigenvalue weighted by molar-refractivity contribution is 0.486. The van der Waals surface area contributed by atoms with Crippen LogP contribution in [0.2, 0.25) is 5.02 Å². The summed E-state index contributed by atoms with van der Waals surface area (Å²) in [6.07, 6.45) is 1.77. The highest BCUT2D eigenvalue weighted by Crippen LogP contribution is 2.31. The van der Waals surface area contributed by atoms with Crippen LogP contribution in [0.5, 0.6) is 0 Å². The van der Waals surface area contributed by atoms with E-state index >= 15 is 0 Å². The lowest BCUT2D eigenvalue weighted by Crippen LogP contribution is -2.18. The number of hydrogen-bond donors (Lipinski definition) is 1. The standard InChI is InChI=1S/C15H13ClN2O/c1-17-14(12-7-2-3-8-18-12)13-9-10-5-4-6-11(16)15(10)19-13/h2-9,14,17H,1H3. The van der Waals surface area contributed by atoms with Gasteiger partial charge in [0.2, 0.25) is 0 Å². The van der Waals surface area contributed by atoms with Crippen LogP contribution in [-0.4, -0.2) is 12.0 Å². The number of nitrogens with zero attached hydrogens (tertiary/aromatic N) is 1. The second-order valence-electron chi connectivity index (χ2n) is 4.28. The van der Waals surface area contributed by atoms with Gasteiger partial charge in [0, 0.05) is 11.6 Å². The van der Waals surface area contributed by atoms with E-state index in [1.54, 1.807) is 6.20 Å². The van der Waals surface area contributed by atoms with Crippen molar-refractivity contribution >= 4 is 22.6 Å². The molecule has 2 aromatic heterocycles. The van der Waals surface area contributed by atoms with Gasteiger partial charge < -0.3 is 9.73 Å². The Labute approximate surface area is 116 Å². The minimum Gasteiger partial charge on any atom is -0.457 e. The van der Waals surface area contributed by atoms with Crippen LogP contribution in [0.15, 0.2) is 53.1 Å². The first-order chi connectivity index (χ1) is 9.29. The zero-order valence-electron chi connectivity index (χ0n) is 10.4. The lowest BCUT2D eigenvalue weighted by Gasteiger charge is -2.12. The Kier molecular flexibility index (Phi) is 3.23. The third kappa shape index (κ3) is 2.23. The quantitative estimate of drug-likeness (QED) is 0.788. The number of rotatable bonds is 3. The van der Waals surface area contributed by atoms with Crippen molar-refractivity contribution < 1.29 is 4.42 Å². The third-order valence-corrected chi connectivity index (χ3v) is 3.37. The SMILES string of the molecule is CNC(c1ccccn1)c1cc2cccc(Cl)c2o1. The smallest absolute Gasteiger partial charge is 0.152 e. The number of hydrogen-bond acceptors (Lipinski definition) is 3. The summed E-state index contributed by atoms with van der Waals surface area (Å²) in [5, 5.41) is 4.84. The Balaban J connectivity index is 2.09. The van der Waals surface area contributed by atoms with E-state index < -0.39 is 0 Å². The predicted molar refractivity (Wildman–Crippen MR) is 76.4 cm³/mol. The maximum absolute atomic E-state index is 6.13. The van der Waals surface area contributed by atoms with Gasteiger partial charge in [-0.15, -0.1) is 0 Å². The average molecular weight is 273 g/mol. The number of benzene rings is 1. The molecule has 4 heteroatoms. The molecule has 0 spiro atoms. The predicted octanol–water partition coefficient (Wildman–Crippen LogP) is 3.79. The van der Waals surface area contributed by atoms with Crippen molar-refractivity contribution in [3.8, 4) is 0 Å². The van der Waals surface area contributed by atoms with Gasteiger partial charge in [-0.2, -0.15) is 0 Å². The molecule has 1 unspecified atom stereocenters. The van der Waals surface area contributed by atoms with E-state index in [-0.39, 0.29) is 6.04 Å². The average Bonchev–Trinajstić information content (AvgIpc) is 2.86. The van der Waals surface area contributed by atoms with Crippen LogP contribution >= 0.6 is 11.6 Å². The van der Waals surface area contributed by atoms with Gasteiger partial charge in [-0.05, 0) is 31.3 Å². The Morgan fingerprint density at radius 3 is 2.79 bits per heavy atom. The van der Waals surface area contributed by atoms with Gasteiger partial charge >= 0.3 is 0 Å². The fourth-order valence-electron chi connectivity index (χ4n) is 2.17. The van der Waals surface area contributed by atoms with Crippen molar-refractivity contribution in [2.45, 2.75) is 6.04 Å². The maximum atomic E-state index is 6.13. The Hall–Kier alpha value is -1.84. The van der Waals surface area contributed by atoms with E-state index in [1.165, 1.54) is 0 Å². The van der Waals surface area contributed by atoms with E-state index in [9.17, 15) is 0 Å². The van der Waals surface area contributed by atoms with Crippen LogP contribution in [0.3, 0.4) is 0 Å². The number of aromatic nitrogens is 1. The summed E-state index contributed by atoms with van der Waals surface area (Å²) < 4.78 is 5.87. The molecule has 3 aromatic rings. The second kappa shape index (κ2) is 5.03. The van der Waals surface area contributed by atoms with Crippen LogP contribution in [0.25, 0.3) is 11.0 Å². The Morgan fingerprint density at radius 1 is 1.21 bits per heavy atom. The minimum absolute atomic E-state index is 0.0790. The molecule has 0 amide bonds. The molecule has 0 fully saturated rings. The van der Waals surface area contributed by atoms with E-state index in [0.717, 1.165) is 22.4 Å². The Morgan fingerprint density at radius 2 is 2.11 bits per heavy atom. The summed E-state index contributed by atoms with van der Waals surface area (Å²) in [4.78, 5) is 4.36. The summed E-state index contributed by atoms with van der Waals surface area (Å²) in [5.41, 5.74) is 1.63. The molecule has 19 heavy (non-hydrogen) atoms. The third-order valence-electron chi connectivity index (χ3n) is 3.07. The van der Waals surface area contributed by atoms with Crippen LogP contribution in [0.1, 0.15) is 17.5 Å². The van der Waals surface area contributed by atoms with Gasteiger partial charge in [-0.1, -0.05) is 29.8 Å². The molecule has 3 nitrogen and oxygen atoms in total. The monoisotopic (exact) mass is 272 g/mol. The number of pyridine rings is 1.